The summed E-state index contributed by atoms with van der Waals surface area (Å²) >= 11 is 0. The first-order valence-electron chi connectivity index (χ1n) is 22.7. The van der Waals surface area contributed by atoms with E-state index >= 15 is 0 Å². The molecule has 0 aromatic rings. The SMILES string of the molecule is CN(C)CCOC(=O)C1(C)CCN(CCN2CCN(C(C)(C)CC(CN3CCN(C(C)(C)C)CC3)N3CCC(C)(C(=O)OCCN4CCOCC4)CC3)CC2)CC1. The summed E-state index contributed by atoms with van der Waals surface area (Å²) in [6, 6.07) is 0.441. The largest absolute Gasteiger partial charge is 0.464 e. The number of carbonyl (C=O) groups excluding carboxylic acids is 2. The molecule has 13 nitrogen and oxygen atoms in total. The zero-order chi connectivity index (χ0) is 41.3. The minimum atomic E-state index is -0.415. The number of carbonyl (C=O) groups is 2. The van der Waals surface area contributed by atoms with Gasteiger partial charge in [0.05, 0.1) is 24.0 Å². The van der Waals surface area contributed by atoms with Gasteiger partial charge in [0.2, 0.25) is 0 Å². The molecule has 330 valence electrons. The fourth-order valence-electron chi connectivity index (χ4n) is 9.60. The lowest BCUT2D eigenvalue weighted by Crippen LogP contribution is -2.60. The average Bonchev–Trinajstić information content (AvgIpc) is 3.18. The van der Waals surface area contributed by atoms with Crippen molar-refractivity contribution in [3.05, 3.63) is 0 Å². The summed E-state index contributed by atoms with van der Waals surface area (Å²) in [6.07, 6.45) is 4.58. The van der Waals surface area contributed by atoms with Gasteiger partial charge in [-0.25, -0.2) is 0 Å². The molecule has 5 saturated heterocycles. The van der Waals surface area contributed by atoms with Gasteiger partial charge >= 0.3 is 11.9 Å². The molecule has 0 aliphatic carbocycles. The Bertz CT molecular complexity index is 1220. The van der Waals surface area contributed by atoms with E-state index in [0.717, 1.165) is 170 Å². The molecule has 57 heavy (non-hydrogen) atoms. The van der Waals surface area contributed by atoms with Crippen LogP contribution >= 0.6 is 0 Å². The number of esters is 2. The van der Waals surface area contributed by atoms with E-state index in [-0.39, 0.29) is 28.4 Å². The van der Waals surface area contributed by atoms with Gasteiger partial charge in [-0.2, -0.15) is 0 Å². The molecule has 0 bridgehead atoms. The predicted octanol–water partition coefficient (Wildman–Crippen LogP) is 2.74. The number of piperidine rings is 2. The second-order valence-corrected chi connectivity index (χ2v) is 20.5. The molecule has 1 unspecified atom stereocenters. The Morgan fingerprint density at radius 1 is 0.614 bits per heavy atom. The van der Waals surface area contributed by atoms with Gasteiger partial charge in [-0.1, -0.05) is 0 Å². The van der Waals surface area contributed by atoms with Gasteiger partial charge in [0.15, 0.2) is 0 Å². The third kappa shape index (κ3) is 13.8. The maximum absolute atomic E-state index is 13.4. The van der Waals surface area contributed by atoms with Crippen LogP contribution in [0.3, 0.4) is 0 Å². The third-order valence-corrected chi connectivity index (χ3v) is 14.4. The number of hydrogen-bond donors (Lipinski definition) is 0. The summed E-state index contributed by atoms with van der Waals surface area (Å²) in [6.45, 7) is 38.0. The quantitative estimate of drug-likeness (QED) is 0.203. The van der Waals surface area contributed by atoms with E-state index in [9.17, 15) is 9.59 Å². The summed E-state index contributed by atoms with van der Waals surface area (Å²) in [5.74, 6) is -0.0414. The third-order valence-electron chi connectivity index (χ3n) is 14.4. The number of hydrogen-bond acceptors (Lipinski definition) is 13. The van der Waals surface area contributed by atoms with Crippen LogP contribution in [0.1, 0.15) is 80.6 Å². The van der Waals surface area contributed by atoms with E-state index in [2.05, 4.69) is 87.7 Å². The van der Waals surface area contributed by atoms with Crippen LogP contribution in [0.4, 0.5) is 0 Å². The lowest BCUT2D eigenvalue weighted by atomic mass is 9.79. The number of likely N-dealkylation sites (N-methyl/N-ethyl adjacent to an activating group) is 1. The highest BCUT2D eigenvalue weighted by Crippen LogP contribution is 2.36. The second kappa shape index (κ2) is 20.9. The Kier molecular flexibility index (Phi) is 17.1. The van der Waals surface area contributed by atoms with Crippen molar-refractivity contribution < 1.29 is 23.8 Å². The number of ether oxygens (including phenoxy) is 3. The minimum Gasteiger partial charge on any atom is -0.464 e. The molecular weight excluding hydrogens is 721 g/mol. The van der Waals surface area contributed by atoms with Gasteiger partial charge in [-0.3, -0.25) is 39.0 Å². The number of nitrogens with zero attached hydrogens (tertiary/aromatic N) is 8. The number of likely N-dealkylation sites (tertiary alicyclic amines) is 2. The van der Waals surface area contributed by atoms with Gasteiger partial charge in [0.25, 0.3) is 0 Å². The highest BCUT2D eigenvalue weighted by Gasteiger charge is 2.43. The molecule has 0 N–H and O–H groups in total. The van der Waals surface area contributed by atoms with Crippen LogP contribution in [-0.2, 0) is 23.8 Å². The maximum Gasteiger partial charge on any atom is 0.311 e. The van der Waals surface area contributed by atoms with E-state index in [0.29, 0.717) is 19.3 Å². The molecular formula is C44H84N8O5. The normalized spacial score (nSPS) is 25.1. The van der Waals surface area contributed by atoms with Crippen molar-refractivity contribution >= 4 is 11.9 Å². The smallest absolute Gasteiger partial charge is 0.311 e. The summed E-state index contributed by atoms with van der Waals surface area (Å²) in [7, 11) is 4.01. The molecule has 5 heterocycles. The zero-order valence-corrected chi connectivity index (χ0v) is 38.0. The Balaban J connectivity index is 1.09. The topological polar surface area (TPSA) is 87.8 Å². The molecule has 1 atom stereocenters. The van der Waals surface area contributed by atoms with E-state index in [1.54, 1.807) is 0 Å². The monoisotopic (exact) mass is 805 g/mol. The summed E-state index contributed by atoms with van der Waals surface area (Å²) in [4.78, 5) is 46.7. The van der Waals surface area contributed by atoms with E-state index in [1.807, 2.05) is 14.1 Å². The van der Waals surface area contributed by atoms with Crippen LogP contribution in [-0.4, -0.2) is 233 Å². The lowest BCUT2D eigenvalue weighted by Gasteiger charge is -2.50. The van der Waals surface area contributed by atoms with Gasteiger partial charge in [0, 0.05) is 115 Å². The standard InChI is InChI=1S/C44H84N8O5/c1-41(2,3)51-24-22-49(23-25-51)37-38(50-16-12-44(7,13-17-50)40(54)57-35-31-48-29-32-55-33-30-48)36-42(4,5)52-26-20-47(21-27-52)19-18-46-14-10-43(6,11-15-46)39(53)56-34-28-45(8)9/h38H,10-37H2,1-9H3. The maximum atomic E-state index is 13.4. The number of piperazine rings is 2. The summed E-state index contributed by atoms with van der Waals surface area (Å²) in [5.41, 5.74) is -0.495. The summed E-state index contributed by atoms with van der Waals surface area (Å²) < 4.78 is 17.0. The zero-order valence-electron chi connectivity index (χ0n) is 38.0. The number of morpholine rings is 1. The van der Waals surface area contributed by atoms with E-state index in [1.165, 1.54) is 0 Å². The van der Waals surface area contributed by atoms with Crippen LogP contribution < -0.4 is 0 Å². The van der Waals surface area contributed by atoms with Crippen molar-refractivity contribution in [2.45, 2.75) is 97.7 Å². The predicted molar refractivity (Wildman–Crippen MR) is 229 cm³/mol. The van der Waals surface area contributed by atoms with Gasteiger partial charge in [0.1, 0.15) is 13.2 Å². The van der Waals surface area contributed by atoms with Crippen LogP contribution in [0.2, 0.25) is 0 Å². The van der Waals surface area contributed by atoms with E-state index in [4.69, 9.17) is 14.2 Å². The fourth-order valence-corrected chi connectivity index (χ4v) is 9.60. The number of rotatable bonds is 17. The summed E-state index contributed by atoms with van der Waals surface area (Å²) in [5, 5.41) is 0. The van der Waals surface area contributed by atoms with Gasteiger partial charge in [-0.15, -0.1) is 0 Å². The highest BCUT2D eigenvalue weighted by molar-refractivity contribution is 5.77. The first-order chi connectivity index (χ1) is 27.0. The second-order valence-electron chi connectivity index (χ2n) is 20.5. The Morgan fingerprint density at radius 3 is 1.63 bits per heavy atom. The molecule has 0 radical (unpaired) electrons. The van der Waals surface area contributed by atoms with Gasteiger partial charge < -0.3 is 24.0 Å². The molecule has 0 saturated carbocycles. The molecule has 0 amide bonds. The lowest BCUT2D eigenvalue weighted by molar-refractivity contribution is -0.159. The molecule has 5 fully saturated rings. The van der Waals surface area contributed by atoms with Crippen molar-refractivity contribution in [3.8, 4) is 0 Å². The average molecular weight is 805 g/mol. The molecule has 0 aromatic carbocycles. The van der Waals surface area contributed by atoms with Crippen molar-refractivity contribution in [3.63, 3.8) is 0 Å². The first kappa shape index (κ1) is 46.6. The van der Waals surface area contributed by atoms with Gasteiger partial charge in [-0.05, 0) is 121 Å². The molecule has 5 aliphatic heterocycles. The Hall–Kier alpha value is -1.42. The van der Waals surface area contributed by atoms with Crippen LogP contribution in [0.15, 0.2) is 0 Å². The highest BCUT2D eigenvalue weighted by atomic mass is 16.5. The molecule has 0 aromatic heterocycles. The molecule has 0 spiro atoms. The van der Waals surface area contributed by atoms with Crippen LogP contribution in [0.25, 0.3) is 0 Å². The van der Waals surface area contributed by atoms with Crippen molar-refractivity contribution in [1.82, 2.24) is 39.2 Å². The molecule has 13 heteroatoms. The van der Waals surface area contributed by atoms with Crippen LogP contribution in [0.5, 0.6) is 0 Å². The fraction of sp³-hybridized carbons (Fsp3) is 0.955. The van der Waals surface area contributed by atoms with Crippen molar-refractivity contribution in [2.24, 2.45) is 10.8 Å². The first-order valence-corrected chi connectivity index (χ1v) is 22.7. The molecule has 5 aliphatic rings. The Labute approximate surface area is 347 Å². The van der Waals surface area contributed by atoms with Crippen LogP contribution in [0, 0.1) is 10.8 Å². The Morgan fingerprint density at radius 2 is 1.09 bits per heavy atom. The van der Waals surface area contributed by atoms with Crippen molar-refractivity contribution in [1.29, 1.82) is 0 Å². The molecule has 5 rings (SSSR count). The van der Waals surface area contributed by atoms with Crippen molar-refractivity contribution in [2.75, 3.05) is 165 Å². The van der Waals surface area contributed by atoms with E-state index < -0.39 is 5.41 Å². The minimum absolute atomic E-state index is 0.0157.